The predicted molar refractivity (Wildman–Crippen MR) is 77.6 cm³/mol. The maximum Gasteiger partial charge on any atom is 0.0121 e. The van der Waals surface area contributed by atoms with Gasteiger partial charge in [0.25, 0.3) is 0 Å². The van der Waals surface area contributed by atoms with E-state index in [9.17, 15) is 0 Å². The van der Waals surface area contributed by atoms with Crippen LogP contribution in [0.3, 0.4) is 0 Å². The van der Waals surface area contributed by atoms with E-state index in [1.54, 1.807) is 38.5 Å². The Morgan fingerprint density at radius 3 is 2.00 bits per heavy atom. The molecule has 0 aromatic carbocycles. The van der Waals surface area contributed by atoms with E-state index >= 15 is 0 Å². The minimum Gasteiger partial charge on any atom is -0.316 e. The van der Waals surface area contributed by atoms with E-state index in [2.05, 4.69) is 19.3 Å². The molecule has 0 radical (unpaired) electrons. The second kappa shape index (κ2) is 5.15. The highest BCUT2D eigenvalue weighted by Gasteiger charge is 2.53. The molecule has 4 rings (SSSR count). The maximum absolute atomic E-state index is 3.72. The molecule has 4 bridgehead atoms. The van der Waals surface area contributed by atoms with E-state index in [0.29, 0.717) is 5.41 Å². The van der Waals surface area contributed by atoms with Crippen LogP contribution in [0.15, 0.2) is 0 Å². The summed E-state index contributed by atoms with van der Waals surface area (Å²) >= 11 is 0. The second-order valence-electron chi connectivity index (χ2n) is 7.62. The molecule has 1 N–H and O–H groups in total. The number of hydrogen-bond acceptors (Lipinski definition) is 1. The lowest BCUT2D eigenvalue weighted by molar-refractivity contribution is -0.0742. The highest BCUT2D eigenvalue weighted by molar-refractivity contribution is 5.05. The van der Waals surface area contributed by atoms with Crippen molar-refractivity contribution in [3.8, 4) is 0 Å². The third kappa shape index (κ3) is 2.24. The van der Waals surface area contributed by atoms with Crippen LogP contribution in [0, 0.1) is 23.2 Å². The van der Waals surface area contributed by atoms with Gasteiger partial charge in [-0.25, -0.2) is 0 Å². The topological polar surface area (TPSA) is 12.0 Å². The summed E-state index contributed by atoms with van der Waals surface area (Å²) in [7, 11) is 2.22. The zero-order valence-electron chi connectivity index (χ0n) is 12.4. The van der Waals surface area contributed by atoms with Crippen LogP contribution in [0.2, 0.25) is 0 Å². The van der Waals surface area contributed by atoms with Gasteiger partial charge in [0.2, 0.25) is 0 Å². The molecule has 4 saturated carbocycles. The van der Waals surface area contributed by atoms with E-state index in [0.717, 1.165) is 23.8 Å². The van der Waals surface area contributed by atoms with Crippen molar-refractivity contribution in [3.05, 3.63) is 0 Å². The molecule has 4 fully saturated rings. The van der Waals surface area contributed by atoms with Crippen molar-refractivity contribution in [2.24, 2.45) is 23.2 Å². The lowest BCUT2D eigenvalue weighted by atomic mass is 9.47. The van der Waals surface area contributed by atoms with Crippen LogP contribution in [0.4, 0.5) is 0 Å². The Morgan fingerprint density at radius 2 is 1.56 bits per heavy atom. The van der Waals surface area contributed by atoms with E-state index in [4.69, 9.17) is 0 Å². The highest BCUT2D eigenvalue weighted by atomic mass is 14.9. The standard InChI is InChI=1S/C17H31N/c1-3-4-5-6-16(18-2)17-10-13-7-14(11-17)9-15(8-13)12-17/h13-16,18H,3-12H2,1-2H3. The summed E-state index contributed by atoms with van der Waals surface area (Å²) < 4.78 is 0. The molecule has 0 spiro atoms. The van der Waals surface area contributed by atoms with Crippen LogP contribution in [0.5, 0.6) is 0 Å². The van der Waals surface area contributed by atoms with Gasteiger partial charge in [0.1, 0.15) is 0 Å². The number of nitrogens with one attached hydrogen (secondary N) is 1. The summed E-state index contributed by atoms with van der Waals surface area (Å²) in [6.45, 7) is 2.32. The molecule has 0 aromatic heterocycles. The van der Waals surface area contributed by atoms with Gasteiger partial charge in [-0.05, 0) is 75.2 Å². The fourth-order valence-corrected chi connectivity index (χ4v) is 5.96. The Hall–Kier alpha value is -0.0400. The maximum atomic E-state index is 3.72. The SMILES string of the molecule is CCCCCC(NC)C12CC3CC(CC(C3)C1)C2. The van der Waals surface area contributed by atoms with Gasteiger partial charge < -0.3 is 5.32 Å². The van der Waals surface area contributed by atoms with Gasteiger partial charge >= 0.3 is 0 Å². The summed E-state index contributed by atoms with van der Waals surface area (Å²) in [4.78, 5) is 0. The van der Waals surface area contributed by atoms with Crippen LogP contribution in [0.1, 0.15) is 71.1 Å². The van der Waals surface area contributed by atoms with Gasteiger partial charge in [-0.1, -0.05) is 26.2 Å². The molecule has 4 aliphatic carbocycles. The Kier molecular flexibility index (Phi) is 3.71. The summed E-state index contributed by atoms with van der Waals surface area (Å²) in [6, 6.07) is 0.817. The molecule has 0 heterocycles. The van der Waals surface area contributed by atoms with Crippen molar-refractivity contribution in [1.82, 2.24) is 5.32 Å². The fourth-order valence-electron chi connectivity index (χ4n) is 5.96. The van der Waals surface area contributed by atoms with Crippen molar-refractivity contribution >= 4 is 0 Å². The molecule has 18 heavy (non-hydrogen) atoms. The summed E-state index contributed by atoms with van der Waals surface area (Å²) in [5.41, 5.74) is 0.706. The van der Waals surface area contributed by atoms with Crippen LogP contribution in [0.25, 0.3) is 0 Å². The molecule has 104 valence electrons. The molecule has 0 aliphatic heterocycles. The van der Waals surface area contributed by atoms with Crippen molar-refractivity contribution in [3.63, 3.8) is 0 Å². The smallest absolute Gasteiger partial charge is 0.0121 e. The zero-order chi connectivity index (χ0) is 12.6. The molecule has 1 nitrogen and oxygen atoms in total. The second-order valence-corrected chi connectivity index (χ2v) is 7.62. The molecule has 1 heteroatoms. The van der Waals surface area contributed by atoms with Gasteiger partial charge in [0.05, 0.1) is 0 Å². The highest BCUT2D eigenvalue weighted by Crippen LogP contribution is 2.61. The van der Waals surface area contributed by atoms with E-state index in [-0.39, 0.29) is 0 Å². The van der Waals surface area contributed by atoms with Gasteiger partial charge in [-0.3, -0.25) is 0 Å². The summed E-state index contributed by atoms with van der Waals surface area (Å²) in [6.07, 6.45) is 15.0. The molecule has 1 unspecified atom stereocenters. The van der Waals surface area contributed by atoms with Crippen LogP contribution < -0.4 is 5.32 Å². The Bertz CT molecular complexity index is 248. The van der Waals surface area contributed by atoms with Crippen molar-refractivity contribution in [1.29, 1.82) is 0 Å². The average molecular weight is 249 g/mol. The minimum absolute atomic E-state index is 0.706. The van der Waals surface area contributed by atoms with Gasteiger partial charge in [-0.15, -0.1) is 0 Å². The summed E-state index contributed by atoms with van der Waals surface area (Å²) in [5, 5.41) is 3.72. The van der Waals surface area contributed by atoms with Crippen molar-refractivity contribution in [2.75, 3.05) is 7.05 Å². The first-order chi connectivity index (χ1) is 8.75. The Labute approximate surface area is 113 Å². The van der Waals surface area contributed by atoms with E-state index in [1.165, 1.54) is 25.7 Å². The quantitative estimate of drug-likeness (QED) is 0.689. The van der Waals surface area contributed by atoms with Crippen LogP contribution in [-0.4, -0.2) is 13.1 Å². The van der Waals surface area contributed by atoms with Gasteiger partial charge in [-0.2, -0.15) is 0 Å². The number of unbranched alkanes of at least 4 members (excludes halogenated alkanes) is 2. The van der Waals surface area contributed by atoms with Crippen LogP contribution in [-0.2, 0) is 0 Å². The first-order valence-corrected chi connectivity index (χ1v) is 8.43. The molecule has 4 aliphatic rings. The third-order valence-electron chi connectivity index (χ3n) is 6.27. The average Bonchev–Trinajstić information content (AvgIpc) is 2.32. The first-order valence-electron chi connectivity index (χ1n) is 8.43. The first kappa shape index (κ1) is 13.0. The van der Waals surface area contributed by atoms with E-state index in [1.807, 2.05) is 0 Å². The van der Waals surface area contributed by atoms with Crippen molar-refractivity contribution in [2.45, 2.75) is 77.2 Å². The van der Waals surface area contributed by atoms with Gasteiger partial charge in [0.15, 0.2) is 0 Å². The number of rotatable bonds is 6. The zero-order valence-corrected chi connectivity index (χ0v) is 12.4. The lowest BCUT2D eigenvalue weighted by Gasteiger charge is -2.59. The van der Waals surface area contributed by atoms with Crippen molar-refractivity contribution < 1.29 is 0 Å². The Morgan fingerprint density at radius 1 is 1.00 bits per heavy atom. The predicted octanol–water partition coefficient (Wildman–Crippen LogP) is 4.37. The molecular formula is C17H31N. The molecular weight excluding hydrogens is 218 g/mol. The minimum atomic E-state index is 0.706. The fraction of sp³-hybridized carbons (Fsp3) is 1.00. The normalized spacial score (nSPS) is 43.3. The third-order valence-corrected chi connectivity index (χ3v) is 6.27. The monoisotopic (exact) mass is 249 g/mol. The number of hydrogen-bond donors (Lipinski definition) is 1. The lowest BCUT2D eigenvalue weighted by Crippen LogP contribution is -2.55. The largest absolute Gasteiger partial charge is 0.316 e. The van der Waals surface area contributed by atoms with Crippen LogP contribution >= 0.6 is 0 Å². The molecule has 0 amide bonds. The Balaban J connectivity index is 1.68. The molecule has 1 atom stereocenters. The summed E-state index contributed by atoms with van der Waals surface area (Å²) in [5.74, 6) is 3.29. The molecule has 0 saturated heterocycles. The van der Waals surface area contributed by atoms with Gasteiger partial charge in [0, 0.05) is 6.04 Å². The van der Waals surface area contributed by atoms with E-state index < -0.39 is 0 Å². The molecule has 0 aromatic rings.